The quantitative estimate of drug-likeness (QED) is 0.867. The predicted molar refractivity (Wildman–Crippen MR) is 81.0 cm³/mol. The zero-order valence-electron chi connectivity index (χ0n) is 11.2. The summed E-state index contributed by atoms with van der Waals surface area (Å²) in [7, 11) is 0. The number of piperidine rings is 1. The van der Waals surface area contributed by atoms with E-state index in [0.717, 1.165) is 6.42 Å². The van der Waals surface area contributed by atoms with E-state index in [1.165, 1.54) is 0 Å². The number of carbonyl (C=O) groups excluding carboxylic acids is 1. The molecule has 19 heavy (non-hydrogen) atoms. The van der Waals surface area contributed by atoms with Gasteiger partial charge in [-0.3, -0.25) is 4.79 Å². The lowest BCUT2D eigenvalue weighted by molar-refractivity contribution is 0.0533. The number of hydrogen-bond acceptors (Lipinski definition) is 2. The van der Waals surface area contributed by atoms with E-state index in [1.807, 2.05) is 17.0 Å². The van der Waals surface area contributed by atoms with Crippen molar-refractivity contribution in [3.63, 3.8) is 0 Å². The second-order valence-corrected chi connectivity index (χ2v) is 6.00. The molecule has 1 aromatic rings. The van der Waals surface area contributed by atoms with Crippen LogP contribution in [-0.2, 0) is 0 Å². The van der Waals surface area contributed by atoms with Gasteiger partial charge in [-0.2, -0.15) is 0 Å². The summed E-state index contributed by atoms with van der Waals surface area (Å²) >= 11 is 6.07. The molecule has 0 bridgehead atoms. The number of nitrogens with zero attached hydrogens (tertiary/aromatic N) is 1. The molecule has 1 aliphatic rings. The third-order valence-electron chi connectivity index (χ3n) is 3.70. The molecule has 1 heterocycles. The number of hydrogen-bond donors (Lipinski definition) is 1. The molecule has 106 valence electrons. The summed E-state index contributed by atoms with van der Waals surface area (Å²) in [5.74, 6) is 0.000532. The topological polar surface area (TPSA) is 46.3 Å². The molecule has 1 aromatic carbocycles. The van der Waals surface area contributed by atoms with Crippen LogP contribution in [0.3, 0.4) is 0 Å². The average Bonchev–Trinajstić information content (AvgIpc) is 2.32. The van der Waals surface area contributed by atoms with Gasteiger partial charge in [0.15, 0.2) is 0 Å². The van der Waals surface area contributed by atoms with Crippen molar-refractivity contribution in [1.29, 1.82) is 0 Å². The number of benzene rings is 1. The van der Waals surface area contributed by atoms with Gasteiger partial charge in [-0.1, -0.05) is 37.6 Å². The highest BCUT2D eigenvalue weighted by molar-refractivity contribution is 6.33. The minimum atomic E-state index is -0.0465. The number of likely N-dealkylation sites (tertiary alicyclic amines) is 1. The first kappa shape index (κ1) is 16.3. The summed E-state index contributed by atoms with van der Waals surface area (Å²) in [6, 6.07) is 7.32. The first-order valence-electron chi connectivity index (χ1n) is 6.21. The van der Waals surface area contributed by atoms with Gasteiger partial charge >= 0.3 is 0 Å². The Kier molecular flexibility index (Phi) is 5.25. The van der Waals surface area contributed by atoms with Crippen molar-refractivity contribution < 1.29 is 4.79 Å². The fourth-order valence-corrected chi connectivity index (χ4v) is 2.57. The largest absolute Gasteiger partial charge is 0.338 e. The minimum absolute atomic E-state index is 0. The van der Waals surface area contributed by atoms with Gasteiger partial charge in [0.2, 0.25) is 0 Å². The molecule has 1 unspecified atom stereocenters. The molecule has 1 saturated heterocycles. The number of rotatable bonds is 1. The van der Waals surface area contributed by atoms with Crippen LogP contribution in [0.15, 0.2) is 24.3 Å². The first-order chi connectivity index (χ1) is 8.42. The van der Waals surface area contributed by atoms with E-state index in [9.17, 15) is 4.79 Å². The molecule has 0 radical (unpaired) electrons. The molecule has 5 heteroatoms. The van der Waals surface area contributed by atoms with Crippen molar-refractivity contribution in [2.45, 2.75) is 26.3 Å². The molecule has 2 N–H and O–H groups in total. The highest BCUT2D eigenvalue weighted by atomic mass is 35.5. The van der Waals surface area contributed by atoms with Crippen molar-refractivity contribution in [1.82, 2.24) is 4.90 Å². The number of halogens is 2. The van der Waals surface area contributed by atoms with Crippen LogP contribution in [0.5, 0.6) is 0 Å². The smallest absolute Gasteiger partial charge is 0.255 e. The lowest BCUT2D eigenvalue weighted by Gasteiger charge is -2.42. The predicted octanol–water partition coefficient (Wildman–Crippen LogP) is 2.96. The lowest BCUT2D eigenvalue weighted by Crippen LogP contribution is -2.54. The van der Waals surface area contributed by atoms with E-state index < -0.39 is 0 Å². The Morgan fingerprint density at radius 1 is 1.42 bits per heavy atom. The number of carbonyl (C=O) groups is 1. The Balaban J connectivity index is 0.00000180. The molecule has 1 atom stereocenters. The van der Waals surface area contributed by atoms with Gasteiger partial charge in [0.25, 0.3) is 5.91 Å². The summed E-state index contributed by atoms with van der Waals surface area (Å²) in [5.41, 5.74) is 6.61. The van der Waals surface area contributed by atoms with Crippen LogP contribution in [-0.4, -0.2) is 29.9 Å². The monoisotopic (exact) mass is 302 g/mol. The van der Waals surface area contributed by atoms with Gasteiger partial charge in [0.05, 0.1) is 10.6 Å². The van der Waals surface area contributed by atoms with Gasteiger partial charge in [0.1, 0.15) is 0 Å². The molecule has 0 aliphatic carbocycles. The maximum absolute atomic E-state index is 12.4. The summed E-state index contributed by atoms with van der Waals surface area (Å²) < 4.78 is 0. The van der Waals surface area contributed by atoms with Crippen molar-refractivity contribution in [3.05, 3.63) is 34.9 Å². The molecular formula is C14H20Cl2N2O. The van der Waals surface area contributed by atoms with Crippen LogP contribution >= 0.6 is 24.0 Å². The van der Waals surface area contributed by atoms with E-state index in [1.54, 1.807) is 12.1 Å². The van der Waals surface area contributed by atoms with E-state index in [4.69, 9.17) is 17.3 Å². The zero-order valence-corrected chi connectivity index (χ0v) is 12.8. The lowest BCUT2D eigenvalue weighted by atomic mass is 9.79. The molecule has 2 rings (SSSR count). The molecular weight excluding hydrogens is 283 g/mol. The first-order valence-corrected chi connectivity index (χ1v) is 6.59. The van der Waals surface area contributed by atoms with Crippen LogP contribution in [0.1, 0.15) is 30.6 Å². The zero-order chi connectivity index (χ0) is 13.3. The Morgan fingerprint density at radius 3 is 2.63 bits per heavy atom. The van der Waals surface area contributed by atoms with Crippen LogP contribution in [0.25, 0.3) is 0 Å². The van der Waals surface area contributed by atoms with Crippen LogP contribution in [0, 0.1) is 5.41 Å². The van der Waals surface area contributed by atoms with Gasteiger partial charge in [0, 0.05) is 19.1 Å². The molecule has 0 spiro atoms. The van der Waals surface area contributed by atoms with Gasteiger partial charge in [-0.15, -0.1) is 12.4 Å². The Labute approximate surface area is 125 Å². The molecule has 1 fully saturated rings. The van der Waals surface area contributed by atoms with Gasteiger partial charge in [-0.25, -0.2) is 0 Å². The molecule has 0 saturated carbocycles. The van der Waals surface area contributed by atoms with E-state index in [2.05, 4.69) is 13.8 Å². The third-order valence-corrected chi connectivity index (χ3v) is 4.03. The van der Waals surface area contributed by atoms with Crippen molar-refractivity contribution in [2.24, 2.45) is 11.1 Å². The van der Waals surface area contributed by atoms with Crippen LogP contribution < -0.4 is 5.73 Å². The molecule has 1 aliphatic heterocycles. The van der Waals surface area contributed by atoms with Gasteiger partial charge < -0.3 is 10.6 Å². The van der Waals surface area contributed by atoms with Crippen molar-refractivity contribution in [2.75, 3.05) is 13.1 Å². The highest BCUT2D eigenvalue weighted by Crippen LogP contribution is 2.29. The summed E-state index contributed by atoms with van der Waals surface area (Å²) in [6.45, 7) is 5.58. The summed E-state index contributed by atoms with van der Waals surface area (Å²) in [6.07, 6.45) is 0.837. The normalized spacial score (nSPS) is 21.7. The second kappa shape index (κ2) is 6.12. The molecule has 1 amide bonds. The van der Waals surface area contributed by atoms with E-state index in [-0.39, 0.29) is 29.8 Å². The SMILES string of the molecule is CC1(C)CN(C(=O)c2ccccc2Cl)CCC1N.Cl. The maximum atomic E-state index is 12.4. The van der Waals surface area contributed by atoms with Crippen molar-refractivity contribution in [3.8, 4) is 0 Å². The standard InChI is InChI=1S/C14H19ClN2O.ClH/c1-14(2)9-17(8-7-12(14)16)13(18)10-5-3-4-6-11(10)15;/h3-6,12H,7-9,16H2,1-2H3;1H. The number of amides is 1. The second-order valence-electron chi connectivity index (χ2n) is 5.59. The van der Waals surface area contributed by atoms with E-state index in [0.29, 0.717) is 23.7 Å². The minimum Gasteiger partial charge on any atom is -0.338 e. The fraction of sp³-hybridized carbons (Fsp3) is 0.500. The van der Waals surface area contributed by atoms with Crippen LogP contribution in [0.2, 0.25) is 5.02 Å². The molecule has 0 aromatic heterocycles. The summed E-state index contributed by atoms with van der Waals surface area (Å²) in [4.78, 5) is 14.3. The Bertz CT molecular complexity index is 463. The van der Waals surface area contributed by atoms with Gasteiger partial charge in [-0.05, 0) is 24.0 Å². The Hall–Kier alpha value is -0.770. The molecule has 3 nitrogen and oxygen atoms in total. The average molecular weight is 303 g/mol. The Morgan fingerprint density at radius 2 is 2.05 bits per heavy atom. The third kappa shape index (κ3) is 3.41. The maximum Gasteiger partial charge on any atom is 0.255 e. The van der Waals surface area contributed by atoms with Crippen molar-refractivity contribution >= 4 is 29.9 Å². The number of nitrogens with two attached hydrogens (primary N) is 1. The summed E-state index contributed by atoms with van der Waals surface area (Å²) in [5, 5.41) is 0.509. The highest BCUT2D eigenvalue weighted by Gasteiger charge is 2.35. The fourth-order valence-electron chi connectivity index (χ4n) is 2.35. The van der Waals surface area contributed by atoms with Crippen LogP contribution in [0.4, 0.5) is 0 Å². The van der Waals surface area contributed by atoms with E-state index >= 15 is 0 Å².